The summed E-state index contributed by atoms with van der Waals surface area (Å²) < 4.78 is 8.14. The number of carbonyl (C=O) groups is 1. The third kappa shape index (κ3) is 3.72. The van der Waals surface area contributed by atoms with Crippen LogP contribution < -0.4 is 11.3 Å². The van der Waals surface area contributed by atoms with E-state index in [0.29, 0.717) is 19.0 Å². The maximum absolute atomic E-state index is 13.3. The molecule has 0 aromatic carbocycles. The Morgan fingerprint density at radius 3 is 2.70 bits per heavy atom. The van der Waals surface area contributed by atoms with E-state index < -0.39 is 0 Å². The minimum Gasteiger partial charge on any atom is -0.375 e. The van der Waals surface area contributed by atoms with Gasteiger partial charge in [0, 0.05) is 63.1 Å². The monoisotopic (exact) mass is 414 g/mol. The Kier molecular flexibility index (Phi) is 5.45. The maximum atomic E-state index is 13.3. The molecule has 0 unspecified atom stereocenters. The molecular formula is C23H34N4O3. The van der Waals surface area contributed by atoms with Gasteiger partial charge in [0.15, 0.2) is 0 Å². The van der Waals surface area contributed by atoms with Crippen molar-refractivity contribution in [1.29, 1.82) is 0 Å². The smallest absolute Gasteiger partial charge is 0.255 e. The molecule has 2 N–H and O–H groups in total. The van der Waals surface area contributed by atoms with Crippen molar-refractivity contribution in [2.75, 3.05) is 39.3 Å². The van der Waals surface area contributed by atoms with Gasteiger partial charge in [0.25, 0.3) is 5.56 Å². The van der Waals surface area contributed by atoms with E-state index in [1.54, 1.807) is 0 Å². The SMILES string of the molecule is NCC(=O)N1C[C@@H]2C[C@H](C1)c1ccc(CN3CCC4(CCCCO4)CC3)c(=O)n1C2. The first-order chi connectivity index (χ1) is 14.6. The van der Waals surface area contributed by atoms with E-state index in [1.165, 1.54) is 19.3 Å². The molecule has 4 aliphatic rings. The molecule has 0 aliphatic carbocycles. The van der Waals surface area contributed by atoms with Crippen LogP contribution in [-0.4, -0.2) is 65.2 Å². The zero-order chi connectivity index (χ0) is 20.7. The van der Waals surface area contributed by atoms with Crippen LogP contribution in [0.2, 0.25) is 0 Å². The summed E-state index contributed by atoms with van der Waals surface area (Å²) in [7, 11) is 0. The number of piperidine rings is 2. The van der Waals surface area contributed by atoms with E-state index in [4.69, 9.17) is 10.5 Å². The molecule has 30 heavy (non-hydrogen) atoms. The number of amides is 1. The first-order valence-corrected chi connectivity index (χ1v) is 11.6. The minimum absolute atomic E-state index is 0.0157. The second-order valence-corrected chi connectivity index (χ2v) is 9.77. The molecule has 164 valence electrons. The number of nitrogens with two attached hydrogens (primary N) is 1. The average molecular weight is 415 g/mol. The summed E-state index contributed by atoms with van der Waals surface area (Å²) >= 11 is 0. The molecular weight excluding hydrogens is 380 g/mol. The molecule has 1 aromatic heterocycles. The Hall–Kier alpha value is -1.70. The lowest BCUT2D eigenvalue weighted by molar-refractivity contribution is -0.132. The number of hydrogen-bond donors (Lipinski definition) is 1. The fourth-order valence-corrected chi connectivity index (χ4v) is 6.11. The highest BCUT2D eigenvalue weighted by Gasteiger charge is 2.38. The average Bonchev–Trinajstić information content (AvgIpc) is 2.77. The summed E-state index contributed by atoms with van der Waals surface area (Å²) in [6, 6.07) is 4.16. The molecule has 1 amide bonds. The molecule has 4 aliphatic heterocycles. The van der Waals surface area contributed by atoms with Gasteiger partial charge in [-0.3, -0.25) is 14.5 Å². The van der Waals surface area contributed by atoms with E-state index in [9.17, 15) is 9.59 Å². The first kappa shape index (κ1) is 20.2. The van der Waals surface area contributed by atoms with Gasteiger partial charge in [0.2, 0.25) is 5.91 Å². The Labute approximate surface area is 178 Å². The highest BCUT2D eigenvalue weighted by atomic mass is 16.5. The number of fused-ring (bicyclic) bond motifs is 4. The summed E-state index contributed by atoms with van der Waals surface area (Å²) in [4.78, 5) is 29.7. The van der Waals surface area contributed by atoms with Crippen molar-refractivity contribution < 1.29 is 9.53 Å². The lowest BCUT2D eigenvalue weighted by Gasteiger charge is -2.44. The van der Waals surface area contributed by atoms with Gasteiger partial charge in [-0.1, -0.05) is 6.07 Å². The molecule has 1 spiro atoms. The lowest BCUT2D eigenvalue weighted by Crippen LogP contribution is -2.51. The zero-order valence-corrected chi connectivity index (χ0v) is 17.9. The van der Waals surface area contributed by atoms with Crippen molar-refractivity contribution in [3.63, 3.8) is 0 Å². The summed E-state index contributed by atoms with van der Waals surface area (Å²) in [6.07, 6.45) is 6.87. The van der Waals surface area contributed by atoms with E-state index >= 15 is 0 Å². The van der Waals surface area contributed by atoms with Crippen LogP contribution in [0.1, 0.15) is 55.7 Å². The van der Waals surface area contributed by atoms with Crippen molar-refractivity contribution >= 4 is 5.91 Å². The molecule has 3 saturated heterocycles. The van der Waals surface area contributed by atoms with Gasteiger partial charge in [-0.05, 0) is 50.5 Å². The maximum Gasteiger partial charge on any atom is 0.255 e. The van der Waals surface area contributed by atoms with Gasteiger partial charge in [-0.25, -0.2) is 0 Å². The van der Waals surface area contributed by atoms with Crippen LogP contribution in [0.5, 0.6) is 0 Å². The highest BCUT2D eigenvalue weighted by molar-refractivity contribution is 5.78. The van der Waals surface area contributed by atoms with Crippen molar-refractivity contribution in [1.82, 2.24) is 14.4 Å². The fraction of sp³-hybridized carbons (Fsp3) is 0.739. The Morgan fingerprint density at radius 1 is 1.13 bits per heavy atom. The Bertz CT molecular complexity index is 850. The molecule has 0 radical (unpaired) electrons. The van der Waals surface area contributed by atoms with Gasteiger partial charge in [-0.15, -0.1) is 0 Å². The van der Waals surface area contributed by atoms with Crippen LogP contribution in [0.25, 0.3) is 0 Å². The van der Waals surface area contributed by atoms with E-state index in [0.717, 1.165) is 63.3 Å². The summed E-state index contributed by atoms with van der Waals surface area (Å²) in [6.45, 7) is 5.81. The van der Waals surface area contributed by atoms with Gasteiger partial charge in [-0.2, -0.15) is 0 Å². The first-order valence-electron chi connectivity index (χ1n) is 11.6. The number of aromatic nitrogens is 1. The van der Waals surface area contributed by atoms with Crippen molar-refractivity contribution in [3.8, 4) is 0 Å². The molecule has 7 nitrogen and oxygen atoms in total. The summed E-state index contributed by atoms with van der Waals surface area (Å²) in [5.41, 5.74) is 7.81. The molecule has 5 rings (SSSR count). The zero-order valence-electron chi connectivity index (χ0n) is 17.9. The number of carbonyl (C=O) groups excluding carboxylic acids is 1. The number of pyridine rings is 1. The van der Waals surface area contributed by atoms with Gasteiger partial charge in [0.1, 0.15) is 0 Å². The predicted octanol–water partition coefficient (Wildman–Crippen LogP) is 1.29. The van der Waals surface area contributed by atoms with Crippen molar-refractivity contribution in [2.45, 2.75) is 63.1 Å². The van der Waals surface area contributed by atoms with Crippen molar-refractivity contribution in [3.05, 3.63) is 33.7 Å². The van der Waals surface area contributed by atoms with Crippen molar-refractivity contribution in [2.24, 2.45) is 11.7 Å². The molecule has 7 heteroatoms. The number of nitrogens with zero attached hydrogens (tertiary/aromatic N) is 3. The second kappa shape index (κ2) is 8.09. The molecule has 5 heterocycles. The van der Waals surface area contributed by atoms with Crippen LogP contribution in [0, 0.1) is 5.92 Å². The van der Waals surface area contributed by atoms with Gasteiger partial charge >= 0.3 is 0 Å². The van der Waals surface area contributed by atoms with E-state index in [-0.39, 0.29) is 29.5 Å². The van der Waals surface area contributed by atoms with E-state index in [2.05, 4.69) is 11.0 Å². The number of hydrogen-bond acceptors (Lipinski definition) is 5. The Balaban J connectivity index is 1.28. The summed E-state index contributed by atoms with van der Waals surface area (Å²) in [5, 5.41) is 0. The molecule has 0 saturated carbocycles. The molecule has 2 bridgehead atoms. The normalized spacial score (nSPS) is 28.4. The third-order valence-electron chi connectivity index (χ3n) is 7.81. The van der Waals surface area contributed by atoms with Crippen LogP contribution in [-0.2, 0) is 22.6 Å². The topological polar surface area (TPSA) is 80.8 Å². The summed E-state index contributed by atoms with van der Waals surface area (Å²) in [5.74, 6) is 0.605. The number of rotatable bonds is 3. The van der Waals surface area contributed by atoms with Crippen LogP contribution in [0.15, 0.2) is 16.9 Å². The molecule has 2 atom stereocenters. The van der Waals surface area contributed by atoms with Crippen LogP contribution in [0.4, 0.5) is 0 Å². The molecule has 3 fully saturated rings. The van der Waals surface area contributed by atoms with E-state index in [1.807, 2.05) is 15.5 Å². The minimum atomic E-state index is 0.0157. The highest BCUT2D eigenvalue weighted by Crippen LogP contribution is 2.36. The lowest BCUT2D eigenvalue weighted by atomic mass is 9.82. The van der Waals surface area contributed by atoms with Crippen LogP contribution >= 0.6 is 0 Å². The standard InChI is InChI=1S/C23H34N4O3/c24-12-21(28)26-13-17-11-19(16-26)20-4-3-18(22(29)27(20)14-17)15-25-8-6-23(7-9-25)5-1-2-10-30-23/h3-4,17,19H,1-2,5-16,24H2/t17-,19+/m0/s1. The largest absolute Gasteiger partial charge is 0.375 e. The fourth-order valence-electron chi connectivity index (χ4n) is 6.11. The Morgan fingerprint density at radius 2 is 1.97 bits per heavy atom. The molecule has 1 aromatic rings. The number of likely N-dealkylation sites (tertiary alicyclic amines) is 2. The number of ether oxygens (including phenoxy) is 1. The second-order valence-electron chi connectivity index (χ2n) is 9.77. The predicted molar refractivity (Wildman–Crippen MR) is 114 cm³/mol. The third-order valence-corrected chi connectivity index (χ3v) is 7.81. The quantitative estimate of drug-likeness (QED) is 0.806. The van der Waals surface area contributed by atoms with Gasteiger partial charge in [0.05, 0.1) is 12.1 Å². The van der Waals surface area contributed by atoms with Gasteiger partial charge < -0.3 is 19.9 Å². The van der Waals surface area contributed by atoms with Crippen LogP contribution in [0.3, 0.4) is 0 Å².